The predicted octanol–water partition coefficient (Wildman–Crippen LogP) is 4.22. The minimum atomic E-state index is -0.164. The Kier molecular flexibility index (Phi) is 2.75. The topological polar surface area (TPSA) is 4.93 Å². The lowest BCUT2D eigenvalue weighted by molar-refractivity contribution is 0.353. The fraction of sp³-hybridized carbons (Fsp3) is 0.429. The Morgan fingerprint density at radius 3 is 2.62 bits per heavy atom. The Morgan fingerprint density at radius 1 is 1.19 bits per heavy atom. The number of fused-ring (bicyclic) bond motifs is 1. The van der Waals surface area contributed by atoms with Crippen LogP contribution in [0.2, 0.25) is 0 Å². The van der Waals surface area contributed by atoms with Crippen molar-refractivity contribution in [3.8, 4) is 0 Å². The summed E-state index contributed by atoms with van der Waals surface area (Å²) in [5.41, 5.74) is 1.30. The molecule has 0 fully saturated rings. The first-order valence-electron chi connectivity index (χ1n) is 5.70. The highest BCUT2D eigenvalue weighted by Crippen LogP contribution is 2.22. The average molecular weight is 219 g/mol. The third-order valence-corrected chi connectivity index (χ3v) is 2.84. The van der Waals surface area contributed by atoms with Crippen molar-refractivity contribution < 1.29 is 4.39 Å². The summed E-state index contributed by atoms with van der Waals surface area (Å²) in [6.07, 6.45) is 3.13. The molecule has 0 aliphatic heterocycles. The quantitative estimate of drug-likeness (QED) is 0.712. The summed E-state index contributed by atoms with van der Waals surface area (Å²) in [4.78, 5) is 0. The molecule has 0 aliphatic rings. The van der Waals surface area contributed by atoms with E-state index in [-0.39, 0.29) is 5.82 Å². The Balaban J connectivity index is 2.28. The summed E-state index contributed by atoms with van der Waals surface area (Å²) in [5.74, 6) is -0.164. The molecule has 0 saturated heterocycles. The van der Waals surface area contributed by atoms with Crippen LogP contribution >= 0.6 is 0 Å². The Bertz CT molecular complexity index is 491. The van der Waals surface area contributed by atoms with E-state index in [0.717, 1.165) is 23.9 Å². The number of nitrogens with zero attached hydrogens (tertiary/aromatic N) is 1. The number of aryl methyl sites for hydroxylation is 1. The van der Waals surface area contributed by atoms with E-state index in [1.807, 2.05) is 18.3 Å². The molecule has 2 heteroatoms. The lowest BCUT2D eigenvalue weighted by Crippen LogP contribution is -2.09. The van der Waals surface area contributed by atoms with E-state index in [0.29, 0.717) is 5.41 Å². The Hall–Kier alpha value is -1.31. The summed E-state index contributed by atoms with van der Waals surface area (Å²) in [7, 11) is 0. The monoisotopic (exact) mass is 219 g/mol. The van der Waals surface area contributed by atoms with Gasteiger partial charge in [-0.25, -0.2) is 4.39 Å². The van der Waals surface area contributed by atoms with Crippen LogP contribution in [0.25, 0.3) is 10.9 Å². The third kappa shape index (κ3) is 2.43. The lowest BCUT2D eigenvalue weighted by atomic mass is 9.92. The van der Waals surface area contributed by atoms with Crippen LogP contribution in [0.4, 0.5) is 4.39 Å². The molecule has 2 rings (SSSR count). The molecule has 0 spiro atoms. The van der Waals surface area contributed by atoms with Crippen LogP contribution < -0.4 is 0 Å². The van der Waals surface area contributed by atoms with Crippen molar-refractivity contribution in [1.82, 2.24) is 4.57 Å². The molecule has 1 aromatic heterocycles. The maximum atomic E-state index is 13.2. The first kappa shape index (κ1) is 11.2. The SMILES string of the molecule is CC(C)(C)CCn1ccc2ccc(F)cc21. The second-order valence-corrected chi connectivity index (χ2v) is 5.52. The molecule has 86 valence electrons. The van der Waals surface area contributed by atoms with Gasteiger partial charge in [0.2, 0.25) is 0 Å². The molecule has 0 N–H and O–H groups in total. The van der Waals surface area contributed by atoms with Gasteiger partial charge in [0.1, 0.15) is 5.82 Å². The highest BCUT2D eigenvalue weighted by atomic mass is 19.1. The van der Waals surface area contributed by atoms with Crippen LogP contribution in [0.3, 0.4) is 0 Å². The fourth-order valence-electron chi connectivity index (χ4n) is 1.81. The van der Waals surface area contributed by atoms with E-state index in [1.54, 1.807) is 6.07 Å². The van der Waals surface area contributed by atoms with Crippen LogP contribution in [0.1, 0.15) is 27.2 Å². The Labute approximate surface area is 95.9 Å². The minimum Gasteiger partial charge on any atom is -0.347 e. The molecule has 16 heavy (non-hydrogen) atoms. The van der Waals surface area contributed by atoms with E-state index in [9.17, 15) is 4.39 Å². The molecule has 1 nitrogen and oxygen atoms in total. The van der Waals surface area contributed by atoms with Crippen LogP contribution in [0, 0.1) is 11.2 Å². The standard InChI is InChI=1S/C14H18FN/c1-14(2,3)7-9-16-8-6-11-4-5-12(15)10-13(11)16/h4-6,8,10H,7,9H2,1-3H3. The van der Waals surface area contributed by atoms with Crippen LogP contribution in [-0.2, 0) is 6.54 Å². The summed E-state index contributed by atoms with van der Waals surface area (Å²) >= 11 is 0. The molecule has 0 bridgehead atoms. The van der Waals surface area contributed by atoms with Gasteiger partial charge in [-0.1, -0.05) is 20.8 Å². The maximum Gasteiger partial charge on any atom is 0.125 e. The predicted molar refractivity (Wildman–Crippen MR) is 66.0 cm³/mol. The molecule has 1 heterocycles. The van der Waals surface area contributed by atoms with Gasteiger partial charge in [-0.3, -0.25) is 0 Å². The fourth-order valence-corrected chi connectivity index (χ4v) is 1.81. The van der Waals surface area contributed by atoms with Gasteiger partial charge in [-0.05, 0) is 41.5 Å². The summed E-state index contributed by atoms with van der Waals surface area (Å²) < 4.78 is 15.3. The van der Waals surface area contributed by atoms with Crippen molar-refractivity contribution in [3.05, 3.63) is 36.3 Å². The molecule has 0 aliphatic carbocycles. The first-order valence-corrected chi connectivity index (χ1v) is 5.70. The van der Waals surface area contributed by atoms with Crippen molar-refractivity contribution in [2.45, 2.75) is 33.7 Å². The zero-order chi connectivity index (χ0) is 11.8. The molecule has 0 unspecified atom stereocenters. The highest BCUT2D eigenvalue weighted by Gasteiger charge is 2.11. The van der Waals surface area contributed by atoms with Crippen LogP contribution in [0.15, 0.2) is 30.5 Å². The van der Waals surface area contributed by atoms with Crippen LogP contribution in [0.5, 0.6) is 0 Å². The molecule has 2 aromatic rings. The van der Waals surface area contributed by atoms with E-state index >= 15 is 0 Å². The molecule has 0 amide bonds. The van der Waals surface area contributed by atoms with Crippen LogP contribution in [-0.4, -0.2) is 4.57 Å². The van der Waals surface area contributed by atoms with E-state index in [1.165, 1.54) is 6.07 Å². The first-order chi connectivity index (χ1) is 7.46. The van der Waals surface area contributed by atoms with Gasteiger partial charge in [0, 0.05) is 12.7 Å². The van der Waals surface area contributed by atoms with Crippen molar-refractivity contribution in [3.63, 3.8) is 0 Å². The highest BCUT2D eigenvalue weighted by molar-refractivity contribution is 5.80. The molecular formula is C14H18FN. The smallest absolute Gasteiger partial charge is 0.125 e. The summed E-state index contributed by atoms with van der Waals surface area (Å²) in [5, 5.41) is 1.11. The number of aromatic nitrogens is 1. The molecule has 0 atom stereocenters. The second kappa shape index (κ2) is 3.93. The summed E-state index contributed by atoms with van der Waals surface area (Å²) in [6, 6.07) is 6.99. The second-order valence-electron chi connectivity index (χ2n) is 5.52. The van der Waals surface area contributed by atoms with Crippen molar-refractivity contribution in [2.75, 3.05) is 0 Å². The summed E-state index contributed by atoms with van der Waals surface area (Å²) in [6.45, 7) is 7.61. The van der Waals surface area contributed by atoms with E-state index in [4.69, 9.17) is 0 Å². The van der Waals surface area contributed by atoms with Gasteiger partial charge in [0.15, 0.2) is 0 Å². The Morgan fingerprint density at radius 2 is 1.94 bits per heavy atom. The number of benzene rings is 1. The van der Waals surface area contributed by atoms with Gasteiger partial charge < -0.3 is 4.57 Å². The largest absolute Gasteiger partial charge is 0.347 e. The van der Waals surface area contributed by atoms with Gasteiger partial charge in [-0.15, -0.1) is 0 Å². The average Bonchev–Trinajstić information content (AvgIpc) is 2.56. The minimum absolute atomic E-state index is 0.164. The van der Waals surface area contributed by atoms with E-state index < -0.39 is 0 Å². The van der Waals surface area contributed by atoms with Gasteiger partial charge in [0.25, 0.3) is 0 Å². The number of hydrogen-bond donors (Lipinski definition) is 0. The zero-order valence-corrected chi connectivity index (χ0v) is 10.1. The van der Waals surface area contributed by atoms with Crippen molar-refractivity contribution in [1.29, 1.82) is 0 Å². The molecule has 1 aromatic carbocycles. The van der Waals surface area contributed by atoms with Crippen molar-refractivity contribution >= 4 is 10.9 Å². The maximum absolute atomic E-state index is 13.2. The van der Waals surface area contributed by atoms with E-state index in [2.05, 4.69) is 25.3 Å². The number of halogens is 1. The molecule has 0 radical (unpaired) electrons. The molecule has 0 saturated carbocycles. The number of hydrogen-bond acceptors (Lipinski definition) is 0. The molecular weight excluding hydrogens is 201 g/mol. The number of rotatable bonds is 2. The van der Waals surface area contributed by atoms with Gasteiger partial charge >= 0.3 is 0 Å². The van der Waals surface area contributed by atoms with Gasteiger partial charge in [-0.2, -0.15) is 0 Å². The van der Waals surface area contributed by atoms with Crippen molar-refractivity contribution in [2.24, 2.45) is 5.41 Å². The van der Waals surface area contributed by atoms with Gasteiger partial charge in [0.05, 0.1) is 5.52 Å². The normalized spacial score (nSPS) is 12.2. The zero-order valence-electron chi connectivity index (χ0n) is 10.1. The third-order valence-electron chi connectivity index (χ3n) is 2.84. The lowest BCUT2D eigenvalue weighted by Gasteiger charge is -2.18.